The van der Waals surface area contributed by atoms with Crippen molar-refractivity contribution in [2.75, 3.05) is 5.73 Å². The van der Waals surface area contributed by atoms with Crippen molar-refractivity contribution < 1.29 is 9.04 Å². The second kappa shape index (κ2) is 5.49. The van der Waals surface area contributed by atoms with Gasteiger partial charge in [-0.05, 0) is 31.4 Å². The Morgan fingerprint density at radius 3 is 2.42 bits per heavy atom. The molecule has 3 nitrogen and oxygen atoms in total. The van der Waals surface area contributed by atoms with E-state index in [4.69, 9.17) is 15.6 Å². The van der Waals surface area contributed by atoms with Gasteiger partial charge in [0.05, 0.1) is 22.9 Å². The van der Waals surface area contributed by atoms with E-state index < -0.39 is 11.4 Å². The van der Waals surface area contributed by atoms with Gasteiger partial charge < -0.3 is 10.4 Å². The fourth-order valence-corrected chi connectivity index (χ4v) is 1.23. The Morgan fingerprint density at radius 1 is 1.37 bits per heavy atom. The molecule has 0 aliphatic rings. The average molecular weight is 279 g/mol. The molecule has 1 aromatic rings. The molecule has 1 unspecified atom stereocenters. The maximum atomic E-state index is 13.5. The molecule has 1 aromatic carbocycles. The number of rotatable bonds is 4. The van der Waals surface area contributed by atoms with Crippen molar-refractivity contribution in [2.45, 2.75) is 38.5 Å². The topological polar surface area (TPSA) is 59.0 Å². The zero-order chi connectivity index (χ0) is 14.8. The van der Waals surface area contributed by atoms with Crippen LogP contribution in [0.4, 0.5) is 10.1 Å². The highest BCUT2D eigenvalue weighted by molar-refractivity contribution is 7.19. The first kappa shape index (κ1) is 16.0. The first-order chi connectivity index (χ1) is 8.58. The van der Waals surface area contributed by atoms with E-state index in [1.165, 1.54) is 13.5 Å². The summed E-state index contributed by atoms with van der Waals surface area (Å²) < 4.78 is 19.2. The van der Waals surface area contributed by atoms with E-state index in [-0.39, 0.29) is 16.4 Å². The lowest BCUT2D eigenvalue weighted by Crippen LogP contribution is -2.45. The Labute approximate surface area is 116 Å². The molecule has 0 saturated carbocycles. The van der Waals surface area contributed by atoms with Gasteiger partial charge in [0.15, 0.2) is 0 Å². The van der Waals surface area contributed by atoms with Crippen molar-refractivity contribution in [3.8, 4) is 6.07 Å². The van der Waals surface area contributed by atoms with Gasteiger partial charge in [-0.2, -0.15) is 5.26 Å². The molecule has 0 aliphatic heterocycles. The van der Waals surface area contributed by atoms with E-state index in [0.29, 0.717) is 5.46 Å². The maximum absolute atomic E-state index is 13.5. The van der Waals surface area contributed by atoms with Crippen molar-refractivity contribution >= 4 is 27.9 Å². The smallest absolute Gasteiger partial charge is 0.333 e. The summed E-state index contributed by atoms with van der Waals surface area (Å²) in [5, 5.41) is 8.64. The number of nitrogens with zero attached hydrogens (tertiary/aromatic N) is 1. The summed E-state index contributed by atoms with van der Waals surface area (Å²) in [7, 11) is 4.12. The molecule has 0 heterocycles. The van der Waals surface area contributed by atoms with Gasteiger partial charge in [-0.25, -0.2) is 4.39 Å². The normalized spacial score (nSPS) is 12.1. The maximum Gasteiger partial charge on any atom is 0.333 e. The van der Waals surface area contributed by atoms with Crippen molar-refractivity contribution in [1.82, 2.24) is 0 Å². The van der Waals surface area contributed by atoms with Crippen molar-refractivity contribution in [2.24, 2.45) is 0 Å². The average Bonchev–Trinajstić information content (AvgIpc) is 2.29. The van der Waals surface area contributed by atoms with Crippen LogP contribution < -0.4 is 11.2 Å². The van der Waals surface area contributed by atoms with Gasteiger partial charge >= 0.3 is 7.48 Å². The molecule has 0 fully saturated rings. The van der Waals surface area contributed by atoms with Crippen molar-refractivity contribution in [3.05, 3.63) is 23.5 Å². The fraction of sp³-hybridized carbons (Fsp3) is 0.462. The first-order valence-corrected chi connectivity index (χ1v) is 6.45. The van der Waals surface area contributed by atoms with Crippen LogP contribution in [-0.2, 0) is 4.65 Å². The summed E-state index contributed by atoms with van der Waals surface area (Å²) in [5.74, 6) is -0.614. The lowest BCUT2D eigenvalue weighted by Gasteiger charge is -2.39. The Hall–Kier alpha value is -1.11. The van der Waals surface area contributed by atoms with E-state index >= 15 is 0 Å². The summed E-state index contributed by atoms with van der Waals surface area (Å²) in [6.45, 7) is 7.89. The highest BCUT2D eigenvalue weighted by Crippen LogP contribution is 2.33. The second-order valence-corrected chi connectivity index (χ2v) is 6.98. The molecule has 0 bridgehead atoms. The predicted molar refractivity (Wildman–Crippen MR) is 79.9 cm³/mol. The number of halogens is 1. The van der Waals surface area contributed by atoms with Gasteiger partial charge in [-0.15, -0.1) is 9.24 Å². The lowest BCUT2D eigenvalue weighted by atomic mass is 9.82. The zero-order valence-corrected chi connectivity index (χ0v) is 12.8. The molecule has 101 valence electrons. The highest BCUT2D eigenvalue weighted by atomic mass is 31.0. The molecule has 0 amide bonds. The molecule has 1 atom stereocenters. The molecule has 0 aromatic heterocycles. The van der Waals surface area contributed by atoms with Crippen LogP contribution in [0.25, 0.3) is 0 Å². The van der Waals surface area contributed by atoms with E-state index in [1.807, 2.05) is 33.8 Å². The standard InChI is InChI=1S/C13H18BFN2OP/c1-12(2,13(3,4)19)18-14-9-5-8(7-16)6-10(15)11(9)17/h5-6H,17,19H2,1-4H3. The van der Waals surface area contributed by atoms with Crippen LogP contribution in [0.15, 0.2) is 12.1 Å². The number of benzene rings is 1. The molecule has 2 N–H and O–H groups in total. The summed E-state index contributed by atoms with van der Waals surface area (Å²) in [4.78, 5) is 0. The first-order valence-electron chi connectivity index (χ1n) is 5.87. The van der Waals surface area contributed by atoms with E-state index in [0.717, 1.165) is 6.07 Å². The number of hydrogen-bond acceptors (Lipinski definition) is 3. The Morgan fingerprint density at radius 2 is 1.95 bits per heavy atom. The lowest BCUT2D eigenvalue weighted by molar-refractivity contribution is 0.0841. The number of nitrogens with two attached hydrogens (primary N) is 1. The van der Waals surface area contributed by atoms with Gasteiger partial charge in [0.2, 0.25) is 0 Å². The van der Waals surface area contributed by atoms with Crippen LogP contribution in [0.1, 0.15) is 33.3 Å². The summed E-state index contributed by atoms with van der Waals surface area (Å²) >= 11 is 0. The van der Waals surface area contributed by atoms with E-state index in [2.05, 4.69) is 9.24 Å². The number of anilines is 1. The molecule has 0 saturated heterocycles. The Kier molecular flexibility index (Phi) is 4.61. The largest absolute Gasteiger partial charge is 0.429 e. The van der Waals surface area contributed by atoms with Gasteiger partial charge in [0, 0.05) is 5.16 Å². The Bertz CT molecular complexity index is 521. The third kappa shape index (κ3) is 3.68. The second-order valence-electron chi connectivity index (χ2n) is 5.54. The van der Waals surface area contributed by atoms with Gasteiger partial charge in [0.1, 0.15) is 5.82 Å². The molecule has 1 rings (SSSR count). The molecular formula is C13H18BFN2OP. The molecule has 0 spiro atoms. The zero-order valence-electron chi connectivity index (χ0n) is 11.6. The molecule has 1 radical (unpaired) electrons. The van der Waals surface area contributed by atoms with Crippen LogP contribution in [-0.4, -0.2) is 18.2 Å². The molecule has 19 heavy (non-hydrogen) atoms. The predicted octanol–water partition coefficient (Wildman–Crippen LogP) is 1.97. The van der Waals surface area contributed by atoms with Crippen LogP contribution >= 0.6 is 9.24 Å². The van der Waals surface area contributed by atoms with Gasteiger partial charge in [-0.3, -0.25) is 0 Å². The third-order valence-electron chi connectivity index (χ3n) is 3.32. The third-order valence-corrected chi connectivity index (χ3v) is 4.02. The van der Waals surface area contributed by atoms with Crippen LogP contribution in [0, 0.1) is 17.1 Å². The fourth-order valence-electron chi connectivity index (χ4n) is 1.16. The summed E-state index contributed by atoms with van der Waals surface area (Å²) in [5.41, 5.74) is 5.73. The van der Waals surface area contributed by atoms with Crippen LogP contribution in [0.5, 0.6) is 0 Å². The van der Waals surface area contributed by atoms with Gasteiger partial charge in [0.25, 0.3) is 0 Å². The quantitative estimate of drug-likeness (QED) is 0.521. The monoisotopic (exact) mass is 279 g/mol. The van der Waals surface area contributed by atoms with Crippen LogP contribution in [0.3, 0.4) is 0 Å². The van der Waals surface area contributed by atoms with E-state index in [1.54, 1.807) is 0 Å². The SMILES string of the molecule is CC(C)(P)C(C)(C)O[B]c1cc(C#N)cc(F)c1N. The minimum Gasteiger partial charge on any atom is -0.429 e. The van der Waals surface area contributed by atoms with Crippen molar-refractivity contribution in [3.63, 3.8) is 0 Å². The highest BCUT2D eigenvalue weighted by Gasteiger charge is 2.34. The van der Waals surface area contributed by atoms with Crippen LogP contribution in [0.2, 0.25) is 0 Å². The number of hydrogen-bond donors (Lipinski definition) is 1. The molecular weight excluding hydrogens is 261 g/mol. The van der Waals surface area contributed by atoms with Crippen molar-refractivity contribution in [1.29, 1.82) is 5.26 Å². The minimum atomic E-state index is -0.614. The summed E-state index contributed by atoms with van der Waals surface area (Å²) in [6, 6.07) is 4.50. The van der Waals surface area contributed by atoms with E-state index in [9.17, 15) is 4.39 Å². The molecule has 6 heteroatoms. The summed E-state index contributed by atoms with van der Waals surface area (Å²) in [6.07, 6.45) is 0. The number of nitriles is 1. The molecule has 0 aliphatic carbocycles. The minimum absolute atomic E-state index is 0.0173. The Balaban J connectivity index is 2.96. The number of nitrogen functional groups attached to an aromatic ring is 1. The van der Waals surface area contributed by atoms with Gasteiger partial charge in [-0.1, -0.05) is 13.8 Å².